The summed E-state index contributed by atoms with van der Waals surface area (Å²) in [4.78, 5) is 0. The van der Waals surface area contributed by atoms with E-state index in [-0.39, 0.29) is 6.29 Å². The van der Waals surface area contributed by atoms with Crippen molar-refractivity contribution < 1.29 is 9.47 Å². The van der Waals surface area contributed by atoms with E-state index in [4.69, 9.17) is 9.47 Å². The lowest BCUT2D eigenvalue weighted by atomic mass is 10.1. The summed E-state index contributed by atoms with van der Waals surface area (Å²) in [5, 5.41) is 0. The Hall–Kier alpha value is -0.0800. The van der Waals surface area contributed by atoms with Crippen LogP contribution in [-0.4, -0.2) is 12.9 Å². The van der Waals surface area contributed by atoms with Gasteiger partial charge >= 0.3 is 0 Å². The van der Waals surface area contributed by atoms with E-state index >= 15 is 0 Å². The highest BCUT2D eigenvalue weighted by Gasteiger charge is 1.99. The predicted octanol–water partition coefficient (Wildman–Crippen LogP) is 4.69. The maximum Gasteiger partial charge on any atom is 0.155 e. The Labute approximate surface area is 102 Å². The molecule has 2 heteroatoms. The van der Waals surface area contributed by atoms with Gasteiger partial charge in [-0.3, -0.25) is 0 Å². The topological polar surface area (TPSA) is 18.5 Å². The van der Waals surface area contributed by atoms with Gasteiger partial charge in [-0.25, -0.2) is 0 Å². The highest BCUT2D eigenvalue weighted by molar-refractivity contribution is 4.46. The molecule has 0 amide bonds. The largest absolute Gasteiger partial charge is 0.353 e. The molecular formula is C14H29O2. The minimum Gasteiger partial charge on any atom is -0.353 e. The van der Waals surface area contributed by atoms with Crippen molar-refractivity contribution in [3.8, 4) is 0 Å². The average molecular weight is 229 g/mol. The fourth-order valence-electron chi connectivity index (χ4n) is 1.72. The van der Waals surface area contributed by atoms with E-state index in [1.54, 1.807) is 6.61 Å². The third kappa shape index (κ3) is 12.0. The van der Waals surface area contributed by atoms with Gasteiger partial charge < -0.3 is 9.47 Å². The van der Waals surface area contributed by atoms with Crippen LogP contribution >= 0.6 is 0 Å². The van der Waals surface area contributed by atoms with Crippen molar-refractivity contribution in [2.75, 3.05) is 6.61 Å². The van der Waals surface area contributed by atoms with Crippen LogP contribution in [0.2, 0.25) is 0 Å². The molecule has 0 heterocycles. The van der Waals surface area contributed by atoms with Crippen molar-refractivity contribution in [1.82, 2.24) is 0 Å². The Bertz CT molecular complexity index is 126. The summed E-state index contributed by atoms with van der Waals surface area (Å²) in [6.45, 7) is 8.57. The zero-order valence-corrected chi connectivity index (χ0v) is 11.3. The fourth-order valence-corrected chi connectivity index (χ4v) is 1.72. The molecule has 0 aromatic carbocycles. The quantitative estimate of drug-likeness (QED) is 0.357. The second-order valence-electron chi connectivity index (χ2n) is 4.29. The van der Waals surface area contributed by atoms with Gasteiger partial charge in [-0.1, -0.05) is 51.9 Å². The first-order chi connectivity index (χ1) is 7.81. The molecule has 0 aliphatic rings. The van der Waals surface area contributed by atoms with Crippen LogP contribution in [-0.2, 0) is 9.47 Å². The van der Waals surface area contributed by atoms with E-state index in [2.05, 4.69) is 6.92 Å². The van der Waals surface area contributed by atoms with Crippen LogP contribution in [0, 0.1) is 6.61 Å². The Morgan fingerprint density at radius 1 is 0.938 bits per heavy atom. The molecule has 1 radical (unpaired) electrons. The lowest BCUT2D eigenvalue weighted by molar-refractivity contribution is -0.107. The molecule has 0 spiro atoms. The Morgan fingerprint density at radius 3 is 2.06 bits per heavy atom. The highest BCUT2D eigenvalue weighted by atomic mass is 16.7. The maximum atomic E-state index is 5.47. The molecule has 0 aliphatic heterocycles. The van der Waals surface area contributed by atoms with Gasteiger partial charge in [0.1, 0.15) is 0 Å². The molecule has 1 atom stereocenters. The van der Waals surface area contributed by atoms with E-state index in [0.29, 0.717) is 0 Å². The molecule has 0 N–H and O–H groups in total. The van der Waals surface area contributed by atoms with Crippen molar-refractivity contribution in [3.63, 3.8) is 0 Å². The number of unbranched alkanes of at least 4 members (excludes halogenated alkanes) is 7. The number of hydrogen-bond acceptors (Lipinski definition) is 2. The Kier molecular flexibility index (Phi) is 12.9. The molecule has 0 aromatic rings. The van der Waals surface area contributed by atoms with Crippen molar-refractivity contribution >= 4 is 0 Å². The van der Waals surface area contributed by atoms with Gasteiger partial charge in [0, 0.05) is 6.61 Å². The summed E-state index contributed by atoms with van der Waals surface area (Å²) >= 11 is 0. The van der Waals surface area contributed by atoms with Crippen molar-refractivity contribution in [3.05, 3.63) is 6.61 Å². The number of ether oxygens (including phenoxy) is 2. The minimum absolute atomic E-state index is 0.0884. The first-order valence-corrected chi connectivity index (χ1v) is 6.86. The number of rotatable bonds is 12. The van der Waals surface area contributed by atoms with E-state index in [9.17, 15) is 0 Å². The zero-order chi connectivity index (χ0) is 12.1. The van der Waals surface area contributed by atoms with Crippen LogP contribution in [0.4, 0.5) is 0 Å². The van der Waals surface area contributed by atoms with Crippen molar-refractivity contribution in [1.29, 1.82) is 0 Å². The summed E-state index contributed by atoms with van der Waals surface area (Å²) in [6.07, 6.45) is 10.6. The standard InChI is InChI=1S/C14H29O2/c1-4-6-7-8-9-10-11-12-13-16-14(3)15-5-2/h5,14H,4,6-13H2,1-3H3. The van der Waals surface area contributed by atoms with E-state index in [1.165, 1.54) is 44.9 Å². The van der Waals surface area contributed by atoms with Gasteiger partial charge in [0.25, 0.3) is 0 Å². The van der Waals surface area contributed by atoms with Crippen molar-refractivity contribution in [2.24, 2.45) is 0 Å². The van der Waals surface area contributed by atoms with Crippen LogP contribution in [0.5, 0.6) is 0 Å². The first-order valence-electron chi connectivity index (χ1n) is 6.86. The molecule has 97 valence electrons. The lowest BCUT2D eigenvalue weighted by Crippen LogP contribution is -2.11. The van der Waals surface area contributed by atoms with Crippen LogP contribution in [0.25, 0.3) is 0 Å². The Morgan fingerprint density at radius 2 is 1.50 bits per heavy atom. The third-order valence-corrected chi connectivity index (χ3v) is 2.68. The van der Waals surface area contributed by atoms with Crippen LogP contribution in [0.1, 0.15) is 72.1 Å². The average Bonchev–Trinajstić information content (AvgIpc) is 2.27. The second kappa shape index (κ2) is 13.0. The van der Waals surface area contributed by atoms with E-state index in [1.807, 2.05) is 13.8 Å². The lowest BCUT2D eigenvalue weighted by Gasteiger charge is -2.11. The molecule has 0 bridgehead atoms. The third-order valence-electron chi connectivity index (χ3n) is 2.68. The van der Waals surface area contributed by atoms with Gasteiger partial charge in [-0.05, 0) is 20.3 Å². The predicted molar refractivity (Wildman–Crippen MR) is 69.1 cm³/mol. The van der Waals surface area contributed by atoms with Gasteiger partial charge in [-0.15, -0.1) is 0 Å². The molecule has 2 nitrogen and oxygen atoms in total. The minimum atomic E-state index is -0.0884. The summed E-state index contributed by atoms with van der Waals surface area (Å²) in [7, 11) is 0. The zero-order valence-electron chi connectivity index (χ0n) is 11.3. The molecule has 0 saturated heterocycles. The summed E-state index contributed by atoms with van der Waals surface area (Å²) in [6, 6.07) is 0. The fraction of sp³-hybridized carbons (Fsp3) is 0.929. The molecule has 0 rings (SSSR count). The smallest absolute Gasteiger partial charge is 0.155 e. The van der Waals surface area contributed by atoms with Gasteiger partial charge in [0.05, 0.1) is 6.61 Å². The normalized spacial score (nSPS) is 12.9. The van der Waals surface area contributed by atoms with Gasteiger partial charge in [-0.2, -0.15) is 0 Å². The summed E-state index contributed by atoms with van der Waals surface area (Å²) < 4.78 is 10.6. The summed E-state index contributed by atoms with van der Waals surface area (Å²) in [5.74, 6) is 0. The second-order valence-corrected chi connectivity index (χ2v) is 4.29. The molecule has 0 fully saturated rings. The first kappa shape index (κ1) is 15.9. The van der Waals surface area contributed by atoms with E-state index in [0.717, 1.165) is 13.0 Å². The van der Waals surface area contributed by atoms with Gasteiger partial charge in [0.2, 0.25) is 0 Å². The molecule has 0 aliphatic carbocycles. The molecule has 0 aromatic heterocycles. The van der Waals surface area contributed by atoms with E-state index < -0.39 is 0 Å². The SMILES string of the molecule is C[CH]OC(C)OCCCCCCCCCC. The summed E-state index contributed by atoms with van der Waals surface area (Å²) in [5.41, 5.74) is 0. The number of hydrogen-bond donors (Lipinski definition) is 0. The highest BCUT2D eigenvalue weighted by Crippen LogP contribution is 2.08. The molecular weight excluding hydrogens is 200 g/mol. The maximum absolute atomic E-state index is 5.47. The van der Waals surface area contributed by atoms with Gasteiger partial charge in [0.15, 0.2) is 6.29 Å². The molecule has 0 saturated carbocycles. The van der Waals surface area contributed by atoms with Crippen LogP contribution in [0.3, 0.4) is 0 Å². The Balaban J connectivity index is 2.98. The molecule has 16 heavy (non-hydrogen) atoms. The van der Waals surface area contributed by atoms with Crippen LogP contribution < -0.4 is 0 Å². The molecule has 1 unspecified atom stereocenters. The van der Waals surface area contributed by atoms with Crippen molar-refractivity contribution in [2.45, 2.75) is 78.4 Å². The monoisotopic (exact) mass is 229 g/mol. The van der Waals surface area contributed by atoms with Crippen LogP contribution in [0.15, 0.2) is 0 Å².